The van der Waals surface area contributed by atoms with E-state index in [-0.39, 0.29) is 16.7 Å². The van der Waals surface area contributed by atoms with E-state index in [2.05, 4.69) is 0 Å². The number of likely N-dealkylation sites (tertiary alicyclic amines) is 1. The maximum absolute atomic E-state index is 12.5. The van der Waals surface area contributed by atoms with Gasteiger partial charge in [-0.15, -0.1) is 0 Å². The molecule has 2 aliphatic rings. The Balaban J connectivity index is 1.54. The fourth-order valence-corrected chi connectivity index (χ4v) is 4.70. The van der Waals surface area contributed by atoms with Gasteiger partial charge in [-0.3, -0.25) is 10.1 Å². The van der Waals surface area contributed by atoms with Crippen molar-refractivity contribution in [2.45, 2.75) is 51.7 Å². The minimum atomic E-state index is -0.548. The summed E-state index contributed by atoms with van der Waals surface area (Å²) in [6.45, 7) is 9.93. The van der Waals surface area contributed by atoms with Crippen molar-refractivity contribution >= 4 is 17.5 Å². The van der Waals surface area contributed by atoms with Crippen molar-refractivity contribution < 1.29 is 23.9 Å². The van der Waals surface area contributed by atoms with Gasteiger partial charge in [-0.05, 0) is 58.7 Å². The van der Waals surface area contributed by atoms with E-state index in [1.54, 1.807) is 11.0 Å². The number of hydrogen-bond acceptors (Lipinski definition) is 7. The van der Waals surface area contributed by atoms with E-state index in [0.29, 0.717) is 68.4 Å². The standard InChI is InChI=1S/C26H33N3O6/c1-19-22(34-20-8-6-5-7-9-20)11-10-21(29(31)32)23(19)28-16-17-33-26(18-28)12-14-27(15-13-26)24(30)35-25(2,3)4/h5-11H,12-18H2,1-4H3. The highest BCUT2D eigenvalue weighted by atomic mass is 16.6. The van der Waals surface area contributed by atoms with Crippen LogP contribution in [-0.2, 0) is 9.47 Å². The molecule has 2 fully saturated rings. The van der Waals surface area contributed by atoms with Gasteiger partial charge in [-0.25, -0.2) is 4.79 Å². The van der Waals surface area contributed by atoms with Crippen LogP contribution in [0.15, 0.2) is 42.5 Å². The van der Waals surface area contributed by atoms with Crippen LogP contribution in [0.5, 0.6) is 11.5 Å². The zero-order chi connectivity index (χ0) is 25.2. The number of nitro groups is 1. The summed E-state index contributed by atoms with van der Waals surface area (Å²) < 4.78 is 17.8. The van der Waals surface area contributed by atoms with Crippen molar-refractivity contribution in [3.63, 3.8) is 0 Å². The summed E-state index contributed by atoms with van der Waals surface area (Å²) in [5.74, 6) is 1.25. The van der Waals surface area contributed by atoms with Crippen molar-refractivity contribution in [2.24, 2.45) is 0 Å². The van der Waals surface area contributed by atoms with Gasteiger partial charge in [0, 0.05) is 37.8 Å². The summed E-state index contributed by atoms with van der Waals surface area (Å²) in [7, 11) is 0. The monoisotopic (exact) mass is 483 g/mol. The number of nitrogens with zero attached hydrogens (tertiary/aromatic N) is 3. The number of ether oxygens (including phenoxy) is 3. The lowest BCUT2D eigenvalue weighted by Gasteiger charge is -2.48. The molecule has 188 valence electrons. The third-order valence-electron chi connectivity index (χ3n) is 6.42. The van der Waals surface area contributed by atoms with Crippen LogP contribution < -0.4 is 9.64 Å². The number of carbonyl (C=O) groups excluding carboxylic acids is 1. The Morgan fingerprint density at radius 2 is 1.77 bits per heavy atom. The molecule has 0 N–H and O–H groups in total. The minimum Gasteiger partial charge on any atom is -0.457 e. The Kier molecular flexibility index (Phi) is 6.89. The molecule has 0 unspecified atom stereocenters. The first-order valence-electron chi connectivity index (χ1n) is 11.9. The molecule has 2 aliphatic heterocycles. The van der Waals surface area contributed by atoms with E-state index in [4.69, 9.17) is 14.2 Å². The van der Waals surface area contributed by atoms with Crippen LogP contribution in [0.1, 0.15) is 39.2 Å². The first-order chi connectivity index (χ1) is 16.6. The van der Waals surface area contributed by atoms with Crippen molar-refractivity contribution in [3.05, 3.63) is 58.1 Å². The van der Waals surface area contributed by atoms with Gasteiger partial charge in [0.15, 0.2) is 0 Å². The Bertz CT molecular complexity index is 1070. The molecule has 2 heterocycles. The van der Waals surface area contributed by atoms with Gasteiger partial charge in [0.05, 0.1) is 17.1 Å². The molecule has 2 aromatic rings. The molecule has 2 aromatic carbocycles. The van der Waals surface area contributed by atoms with E-state index >= 15 is 0 Å². The zero-order valence-corrected chi connectivity index (χ0v) is 20.8. The largest absolute Gasteiger partial charge is 0.457 e. The van der Waals surface area contributed by atoms with Crippen molar-refractivity contribution in [3.8, 4) is 11.5 Å². The molecule has 4 rings (SSSR count). The third-order valence-corrected chi connectivity index (χ3v) is 6.42. The molecule has 0 radical (unpaired) electrons. The van der Waals surface area contributed by atoms with Gasteiger partial charge in [0.1, 0.15) is 22.8 Å². The summed E-state index contributed by atoms with van der Waals surface area (Å²) in [6.07, 6.45) is 0.947. The Morgan fingerprint density at radius 1 is 1.09 bits per heavy atom. The number of morpholine rings is 1. The minimum absolute atomic E-state index is 0.0474. The van der Waals surface area contributed by atoms with Crippen molar-refractivity contribution in [1.82, 2.24) is 4.90 Å². The molecule has 35 heavy (non-hydrogen) atoms. The van der Waals surface area contributed by atoms with E-state index in [9.17, 15) is 14.9 Å². The lowest BCUT2D eigenvalue weighted by atomic mass is 9.89. The van der Waals surface area contributed by atoms with Gasteiger partial charge in [0.25, 0.3) is 5.69 Å². The number of benzene rings is 2. The summed E-state index contributed by atoms with van der Waals surface area (Å²) in [6, 6.07) is 12.5. The molecule has 1 spiro atoms. The molecular weight excluding hydrogens is 450 g/mol. The first-order valence-corrected chi connectivity index (χ1v) is 11.9. The molecular formula is C26H33N3O6. The molecule has 0 aromatic heterocycles. The van der Waals surface area contributed by atoms with Crippen LogP contribution in [0.3, 0.4) is 0 Å². The smallest absolute Gasteiger partial charge is 0.410 e. The average molecular weight is 484 g/mol. The number of rotatable bonds is 4. The highest BCUT2D eigenvalue weighted by molar-refractivity contribution is 5.72. The highest BCUT2D eigenvalue weighted by Crippen LogP contribution is 2.42. The van der Waals surface area contributed by atoms with Gasteiger partial charge >= 0.3 is 6.09 Å². The van der Waals surface area contributed by atoms with Crippen molar-refractivity contribution in [1.29, 1.82) is 0 Å². The molecule has 1 amide bonds. The number of anilines is 1. The number of para-hydroxylation sites is 1. The van der Waals surface area contributed by atoms with E-state index < -0.39 is 11.2 Å². The van der Waals surface area contributed by atoms with Crippen LogP contribution in [0.25, 0.3) is 0 Å². The normalized spacial score (nSPS) is 17.8. The molecule has 0 aliphatic carbocycles. The van der Waals surface area contributed by atoms with E-state index in [0.717, 1.165) is 0 Å². The molecule has 2 saturated heterocycles. The van der Waals surface area contributed by atoms with Crippen LogP contribution >= 0.6 is 0 Å². The van der Waals surface area contributed by atoms with Crippen LogP contribution in [0.4, 0.5) is 16.2 Å². The Morgan fingerprint density at radius 3 is 2.40 bits per heavy atom. The van der Waals surface area contributed by atoms with Gasteiger partial charge in [0.2, 0.25) is 0 Å². The summed E-state index contributed by atoms with van der Waals surface area (Å²) in [4.78, 5) is 27.8. The summed E-state index contributed by atoms with van der Waals surface area (Å²) in [5, 5.41) is 11.9. The number of piperidine rings is 1. The maximum Gasteiger partial charge on any atom is 0.410 e. The average Bonchev–Trinajstić information content (AvgIpc) is 2.80. The second-order valence-electron chi connectivity index (χ2n) is 10.1. The SMILES string of the molecule is Cc1c(Oc2ccccc2)ccc([N+](=O)[O-])c1N1CCOC2(CCN(C(=O)OC(C)(C)C)CC2)C1. The molecule has 9 nitrogen and oxygen atoms in total. The highest BCUT2D eigenvalue weighted by Gasteiger charge is 2.43. The molecule has 9 heteroatoms. The van der Waals surface area contributed by atoms with E-state index in [1.807, 2.05) is 62.9 Å². The molecule has 0 atom stereocenters. The fraction of sp³-hybridized carbons (Fsp3) is 0.500. The predicted octanol–water partition coefficient (Wildman–Crippen LogP) is 5.30. The molecule has 0 bridgehead atoms. The van der Waals surface area contributed by atoms with E-state index in [1.165, 1.54) is 6.07 Å². The number of amides is 1. The van der Waals surface area contributed by atoms with Crippen LogP contribution in [-0.4, -0.2) is 59.9 Å². The second kappa shape index (κ2) is 9.73. The maximum atomic E-state index is 12.5. The lowest BCUT2D eigenvalue weighted by Crippen LogP contribution is -2.58. The predicted molar refractivity (Wildman–Crippen MR) is 132 cm³/mol. The number of carbonyl (C=O) groups is 1. The summed E-state index contributed by atoms with van der Waals surface area (Å²) >= 11 is 0. The van der Waals surface area contributed by atoms with Crippen LogP contribution in [0, 0.1) is 17.0 Å². The fourth-order valence-electron chi connectivity index (χ4n) is 4.70. The Labute approximate surface area is 205 Å². The quantitative estimate of drug-likeness (QED) is 0.430. The molecule has 0 saturated carbocycles. The van der Waals surface area contributed by atoms with Gasteiger partial charge < -0.3 is 24.0 Å². The number of hydrogen-bond donors (Lipinski definition) is 0. The second-order valence-corrected chi connectivity index (χ2v) is 10.1. The van der Waals surface area contributed by atoms with Gasteiger partial charge in [-0.2, -0.15) is 0 Å². The third kappa shape index (κ3) is 5.67. The van der Waals surface area contributed by atoms with Crippen molar-refractivity contribution in [2.75, 3.05) is 37.7 Å². The lowest BCUT2D eigenvalue weighted by molar-refractivity contribution is -0.384. The number of nitro benzene ring substituents is 1. The van der Waals surface area contributed by atoms with Crippen LogP contribution in [0.2, 0.25) is 0 Å². The first kappa shape index (κ1) is 24.8. The summed E-state index contributed by atoms with van der Waals surface area (Å²) in [5.41, 5.74) is 0.291. The Hall–Kier alpha value is -3.33. The van der Waals surface area contributed by atoms with Gasteiger partial charge in [-0.1, -0.05) is 18.2 Å². The zero-order valence-electron chi connectivity index (χ0n) is 20.8. The topological polar surface area (TPSA) is 94.4 Å².